The second-order valence-electron chi connectivity index (χ2n) is 5.57. The van der Waals surface area contributed by atoms with E-state index >= 15 is 0 Å². The first kappa shape index (κ1) is 13.1. The molecule has 0 radical (unpaired) electrons. The van der Waals surface area contributed by atoms with Gasteiger partial charge >= 0.3 is 0 Å². The molecule has 0 bridgehead atoms. The summed E-state index contributed by atoms with van der Waals surface area (Å²) in [5.74, 6) is 0.808. The predicted molar refractivity (Wildman–Crippen MR) is 86.9 cm³/mol. The summed E-state index contributed by atoms with van der Waals surface area (Å²) in [5, 5.41) is 11.1. The highest BCUT2D eigenvalue weighted by Crippen LogP contribution is 2.21. The van der Waals surface area contributed by atoms with Gasteiger partial charge < -0.3 is 10.2 Å². The maximum Gasteiger partial charge on any atom is 0.160 e. The van der Waals surface area contributed by atoms with E-state index in [4.69, 9.17) is 0 Å². The molecule has 0 unspecified atom stereocenters. The molecule has 112 valence electrons. The molecule has 3 heterocycles. The van der Waals surface area contributed by atoms with Crippen molar-refractivity contribution in [2.24, 2.45) is 0 Å². The van der Waals surface area contributed by atoms with Crippen molar-refractivity contribution in [1.82, 2.24) is 20.2 Å². The maximum absolute atomic E-state index is 4.28. The van der Waals surface area contributed by atoms with Crippen LogP contribution in [0.25, 0.3) is 11.0 Å². The largest absolute Gasteiger partial charge is 0.372 e. The molecule has 2 N–H and O–H groups in total. The number of hydrogen-bond acceptors (Lipinski definition) is 5. The molecule has 0 saturated carbocycles. The monoisotopic (exact) mass is 294 g/mol. The van der Waals surface area contributed by atoms with Gasteiger partial charge in [-0.05, 0) is 30.5 Å². The second kappa shape index (κ2) is 5.63. The molecule has 0 aliphatic carbocycles. The average Bonchev–Trinajstić information content (AvgIpc) is 3.24. The van der Waals surface area contributed by atoms with Gasteiger partial charge in [0.1, 0.15) is 12.1 Å². The van der Waals surface area contributed by atoms with Crippen LogP contribution in [-0.2, 0) is 6.54 Å². The van der Waals surface area contributed by atoms with Gasteiger partial charge in [0, 0.05) is 25.3 Å². The first-order chi connectivity index (χ1) is 10.9. The molecule has 3 aromatic rings. The van der Waals surface area contributed by atoms with Crippen molar-refractivity contribution < 1.29 is 0 Å². The topological polar surface area (TPSA) is 69.7 Å². The molecule has 1 saturated heterocycles. The zero-order valence-electron chi connectivity index (χ0n) is 12.3. The fourth-order valence-electron chi connectivity index (χ4n) is 2.89. The van der Waals surface area contributed by atoms with Crippen molar-refractivity contribution in [2.45, 2.75) is 19.4 Å². The standard InChI is InChI=1S/C16H18N6/c1-2-8-22(7-1)13-5-3-12(4-6-13)9-17-15-14-10-20-21-16(14)19-11-18-15/h3-6,10-11H,1-2,7-9H2,(H2,17,18,19,20,21). The van der Waals surface area contributed by atoms with Crippen LogP contribution in [0, 0.1) is 0 Å². The number of nitrogens with zero attached hydrogens (tertiary/aromatic N) is 4. The number of aromatic amines is 1. The summed E-state index contributed by atoms with van der Waals surface area (Å²) in [7, 11) is 0. The Hall–Kier alpha value is -2.63. The van der Waals surface area contributed by atoms with Crippen molar-refractivity contribution in [1.29, 1.82) is 0 Å². The Bertz CT molecular complexity index is 758. The van der Waals surface area contributed by atoms with Crippen LogP contribution in [0.1, 0.15) is 18.4 Å². The highest BCUT2D eigenvalue weighted by molar-refractivity contribution is 5.85. The molecule has 6 nitrogen and oxygen atoms in total. The van der Waals surface area contributed by atoms with Crippen LogP contribution in [0.3, 0.4) is 0 Å². The molecule has 2 aromatic heterocycles. The van der Waals surface area contributed by atoms with Crippen LogP contribution in [0.5, 0.6) is 0 Å². The summed E-state index contributed by atoms with van der Waals surface area (Å²) in [6, 6.07) is 8.76. The minimum atomic E-state index is 0.734. The molecular formula is C16H18N6. The van der Waals surface area contributed by atoms with E-state index in [0.29, 0.717) is 0 Å². The molecule has 4 rings (SSSR count). The van der Waals surface area contributed by atoms with Crippen LogP contribution >= 0.6 is 0 Å². The van der Waals surface area contributed by atoms with E-state index in [2.05, 4.69) is 54.6 Å². The van der Waals surface area contributed by atoms with Gasteiger partial charge in [0.15, 0.2) is 5.65 Å². The van der Waals surface area contributed by atoms with Gasteiger partial charge in [-0.2, -0.15) is 5.10 Å². The van der Waals surface area contributed by atoms with Crippen LogP contribution in [-0.4, -0.2) is 33.3 Å². The van der Waals surface area contributed by atoms with Crippen molar-refractivity contribution in [2.75, 3.05) is 23.3 Å². The van der Waals surface area contributed by atoms with E-state index in [-0.39, 0.29) is 0 Å². The van der Waals surface area contributed by atoms with Crippen molar-refractivity contribution in [3.05, 3.63) is 42.4 Å². The molecule has 22 heavy (non-hydrogen) atoms. The fraction of sp³-hybridized carbons (Fsp3) is 0.312. The van der Waals surface area contributed by atoms with Crippen LogP contribution < -0.4 is 10.2 Å². The summed E-state index contributed by atoms with van der Waals surface area (Å²) >= 11 is 0. The lowest BCUT2D eigenvalue weighted by molar-refractivity contribution is 0.949. The highest BCUT2D eigenvalue weighted by Gasteiger charge is 2.11. The molecule has 6 heteroatoms. The maximum atomic E-state index is 4.28. The second-order valence-corrected chi connectivity index (χ2v) is 5.57. The predicted octanol–water partition coefficient (Wildman–Crippen LogP) is 2.57. The Morgan fingerprint density at radius 3 is 2.73 bits per heavy atom. The van der Waals surface area contributed by atoms with E-state index in [9.17, 15) is 0 Å². The van der Waals surface area contributed by atoms with E-state index in [1.165, 1.54) is 37.2 Å². The minimum absolute atomic E-state index is 0.734. The smallest absolute Gasteiger partial charge is 0.160 e. The molecule has 0 amide bonds. The molecule has 1 aromatic carbocycles. The molecule has 1 aliphatic heterocycles. The molecule has 0 spiro atoms. The van der Waals surface area contributed by atoms with Crippen molar-refractivity contribution in [3.63, 3.8) is 0 Å². The molecular weight excluding hydrogens is 276 g/mol. The van der Waals surface area contributed by atoms with Gasteiger partial charge in [-0.3, -0.25) is 5.10 Å². The number of nitrogens with one attached hydrogen (secondary N) is 2. The van der Waals surface area contributed by atoms with Gasteiger partial charge in [0.25, 0.3) is 0 Å². The summed E-state index contributed by atoms with van der Waals surface area (Å²) < 4.78 is 0. The lowest BCUT2D eigenvalue weighted by Gasteiger charge is -2.17. The third-order valence-electron chi connectivity index (χ3n) is 4.12. The minimum Gasteiger partial charge on any atom is -0.372 e. The number of hydrogen-bond donors (Lipinski definition) is 2. The Balaban J connectivity index is 1.46. The Kier molecular flexibility index (Phi) is 3.34. The Morgan fingerprint density at radius 2 is 1.91 bits per heavy atom. The summed E-state index contributed by atoms with van der Waals surface area (Å²) in [6.45, 7) is 3.09. The SMILES string of the molecule is c1nc(NCc2ccc(N3CCCC3)cc2)c2cn[nH]c2n1. The van der Waals surface area contributed by atoms with E-state index in [1.54, 1.807) is 12.5 Å². The average molecular weight is 294 g/mol. The third kappa shape index (κ3) is 2.47. The molecule has 1 aliphatic rings. The van der Waals surface area contributed by atoms with Crippen molar-refractivity contribution in [3.8, 4) is 0 Å². The van der Waals surface area contributed by atoms with Gasteiger partial charge in [-0.15, -0.1) is 0 Å². The normalized spacial score (nSPS) is 14.6. The highest BCUT2D eigenvalue weighted by atomic mass is 15.2. The zero-order valence-corrected chi connectivity index (χ0v) is 12.3. The van der Waals surface area contributed by atoms with E-state index < -0.39 is 0 Å². The van der Waals surface area contributed by atoms with Gasteiger partial charge in [0.05, 0.1) is 11.6 Å². The third-order valence-corrected chi connectivity index (χ3v) is 4.12. The number of fused-ring (bicyclic) bond motifs is 1. The fourth-order valence-corrected chi connectivity index (χ4v) is 2.89. The number of benzene rings is 1. The zero-order chi connectivity index (χ0) is 14.8. The quantitative estimate of drug-likeness (QED) is 0.774. The van der Waals surface area contributed by atoms with Gasteiger partial charge in [-0.1, -0.05) is 12.1 Å². The Labute approximate surface area is 128 Å². The number of rotatable bonds is 4. The summed E-state index contributed by atoms with van der Waals surface area (Å²) in [6.07, 6.45) is 5.89. The summed E-state index contributed by atoms with van der Waals surface area (Å²) in [4.78, 5) is 10.9. The first-order valence-electron chi connectivity index (χ1n) is 7.62. The summed E-state index contributed by atoms with van der Waals surface area (Å²) in [5.41, 5.74) is 3.31. The number of H-pyrrole nitrogens is 1. The lowest BCUT2D eigenvalue weighted by atomic mass is 10.2. The van der Waals surface area contributed by atoms with E-state index in [0.717, 1.165) is 23.4 Å². The first-order valence-corrected chi connectivity index (χ1v) is 7.62. The van der Waals surface area contributed by atoms with Crippen LogP contribution in [0.15, 0.2) is 36.8 Å². The number of anilines is 2. The van der Waals surface area contributed by atoms with E-state index in [1.807, 2.05) is 0 Å². The van der Waals surface area contributed by atoms with Crippen LogP contribution in [0.4, 0.5) is 11.5 Å². The number of aromatic nitrogens is 4. The lowest BCUT2D eigenvalue weighted by Crippen LogP contribution is -2.17. The van der Waals surface area contributed by atoms with Gasteiger partial charge in [-0.25, -0.2) is 9.97 Å². The van der Waals surface area contributed by atoms with Crippen LogP contribution in [0.2, 0.25) is 0 Å². The molecule has 1 fully saturated rings. The van der Waals surface area contributed by atoms with Gasteiger partial charge in [0.2, 0.25) is 0 Å². The Morgan fingerprint density at radius 1 is 1.09 bits per heavy atom. The molecule has 0 atom stereocenters. The van der Waals surface area contributed by atoms with Crippen molar-refractivity contribution >= 4 is 22.5 Å².